The molecule has 0 aromatic heterocycles. The van der Waals surface area contributed by atoms with Gasteiger partial charge in [-0.3, -0.25) is 4.79 Å². The van der Waals surface area contributed by atoms with Crippen LogP contribution in [0.1, 0.15) is 26.3 Å². The normalized spacial score (nSPS) is 10.9. The summed E-state index contributed by atoms with van der Waals surface area (Å²) in [7, 11) is 0. The van der Waals surface area contributed by atoms with Gasteiger partial charge in [-0.05, 0) is 50.6 Å². The molecule has 2 rings (SSSR count). The lowest BCUT2D eigenvalue weighted by Crippen LogP contribution is -2.33. The van der Waals surface area contributed by atoms with E-state index in [1.165, 1.54) is 11.8 Å². The number of carbonyl (C=O) groups excluding carboxylic acids is 2. The van der Waals surface area contributed by atoms with Crippen molar-refractivity contribution in [2.45, 2.75) is 33.0 Å². The number of hydrogen-bond acceptors (Lipinski definition) is 5. The van der Waals surface area contributed by atoms with Crippen LogP contribution in [-0.2, 0) is 16.1 Å². The van der Waals surface area contributed by atoms with Gasteiger partial charge >= 0.3 is 6.09 Å². The lowest BCUT2D eigenvalue weighted by molar-refractivity contribution is -0.113. The average Bonchev–Trinajstić information content (AvgIpc) is 2.66. The molecule has 2 aromatic carbocycles. The summed E-state index contributed by atoms with van der Waals surface area (Å²) in [5.74, 6) is 1.58. The number of alkyl carbamates (subject to hydrolysis) is 1. The van der Waals surface area contributed by atoms with Gasteiger partial charge in [-0.25, -0.2) is 4.79 Å². The number of benzene rings is 2. The highest BCUT2D eigenvalue weighted by Crippen LogP contribution is 2.17. The molecule has 156 valence electrons. The Morgan fingerprint density at radius 3 is 2.34 bits per heavy atom. The Balaban J connectivity index is 1.62. The summed E-state index contributed by atoms with van der Waals surface area (Å²) in [6.45, 7) is 6.38. The van der Waals surface area contributed by atoms with E-state index in [1.54, 1.807) is 0 Å². The molecule has 0 aliphatic rings. The third-order valence-electron chi connectivity index (χ3n) is 3.53. The Morgan fingerprint density at radius 2 is 1.69 bits per heavy atom. The van der Waals surface area contributed by atoms with E-state index >= 15 is 0 Å². The number of thioether (sulfide) groups is 1. The Morgan fingerprint density at radius 1 is 1.00 bits per heavy atom. The van der Waals surface area contributed by atoms with Gasteiger partial charge in [-0.1, -0.05) is 30.3 Å². The molecule has 0 atom stereocenters. The summed E-state index contributed by atoms with van der Waals surface area (Å²) < 4.78 is 10.9. The summed E-state index contributed by atoms with van der Waals surface area (Å²) in [5.41, 5.74) is 1.30. The summed E-state index contributed by atoms with van der Waals surface area (Å²) in [4.78, 5) is 23.5. The van der Waals surface area contributed by atoms with Crippen molar-refractivity contribution < 1.29 is 19.1 Å². The molecule has 0 bridgehead atoms. The van der Waals surface area contributed by atoms with E-state index in [0.717, 1.165) is 17.0 Å². The second-order valence-electron chi connectivity index (χ2n) is 7.33. The molecule has 0 unspecified atom stereocenters. The topological polar surface area (TPSA) is 76.7 Å². The average molecular weight is 417 g/mol. The SMILES string of the molecule is CC(C)(C)OC(=O)NCCSCC(=O)Nc1ccc(OCc2ccccc2)cc1. The van der Waals surface area contributed by atoms with Crippen molar-refractivity contribution in [1.29, 1.82) is 0 Å². The molecule has 0 aliphatic carbocycles. The monoisotopic (exact) mass is 416 g/mol. The van der Waals surface area contributed by atoms with Crippen LogP contribution in [0.15, 0.2) is 54.6 Å². The predicted octanol–water partition coefficient (Wildman–Crippen LogP) is 4.46. The molecule has 0 heterocycles. The van der Waals surface area contributed by atoms with Crippen LogP contribution in [0.4, 0.5) is 10.5 Å². The van der Waals surface area contributed by atoms with Gasteiger partial charge in [0.2, 0.25) is 5.91 Å². The first kappa shape index (κ1) is 22.6. The van der Waals surface area contributed by atoms with Gasteiger partial charge in [0.05, 0.1) is 5.75 Å². The Bertz CT molecular complexity index is 774. The van der Waals surface area contributed by atoms with E-state index < -0.39 is 11.7 Å². The summed E-state index contributed by atoms with van der Waals surface area (Å²) in [5, 5.41) is 5.51. The molecule has 2 aromatic rings. The van der Waals surface area contributed by atoms with Gasteiger partial charge in [0, 0.05) is 18.0 Å². The van der Waals surface area contributed by atoms with E-state index in [4.69, 9.17) is 9.47 Å². The fourth-order valence-corrected chi connectivity index (χ4v) is 2.93. The lowest BCUT2D eigenvalue weighted by atomic mass is 10.2. The summed E-state index contributed by atoms with van der Waals surface area (Å²) in [6, 6.07) is 17.2. The van der Waals surface area contributed by atoms with E-state index in [0.29, 0.717) is 24.7 Å². The molecule has 0 radical (unpaired) electrons. The van der Waals surface area contributed by atoms with Crippen molar-refractivity contribution in [2.24, 2.45) is 0 Å². The molecule has 6 nitrogen and oxygen atoms in total. The van der Waals surface area contributed by atoms with Crippen LogP contribution < -0.4 is 15.4 Å². The number of hydrogen-bond donors (Lipinski definition) is 2. The van der Waals surface area contributed by atoms with Gasteiger partial charge in [0.1, 0.15) is 18.0 Å². The third kappa shape index (κ3) is 9.89. The number of carbonyl (C=O) groups is 2. The first-order valence-electron chi connectivity index (χ1n) is 9.43. The smallest absolute Gasteiger partial charge is 0.407 e. The quantitative estimate of drug-likeness (QED) is 0.590. The number of ether oxygens (including phenoxy) is 2. The molecular formula is C22H28N2O4S. The number of anilines is 1. The fourth-order valence-electron chi connectivity index (χ4n) is 2.28. The minimum Gasteiger partial charge on any atom is -0.489 e. The third-order valence-corrected chi connectivity index (χ3v) is 4.49. The minimum atomic E-state index is -0.515. The Hall–Kier alpha value is -2.67. The number of nitrogens with one attached hydrogen (secondary N) is 2. The summed E-state index contributed by atoms with van der Waals surface area (Å²) >= 11 is 1.44. The van der Waals surface area contributed by atoms with Crippen LogP contribution in [0.3, 0.4) is 0 Å². The highest BCUT2D eigenvalue weighted by molar-refractivity contribution is 7.99. The molecule has 0 aliphatic heterocycles. The molecule has 0 saturated heterocycles. The minimum absolute atomic E-state index is 0.0924. The lowest BCUT2D eigenvalue weighted by Gasteiger charge is -2.19. The van der Waals surface area contributed by atoms with E-state index in [1.807, 2.05) is 75.4 Å². The predicted molar refractivity (Wildman–Crippen MR) is 117 cm³/mol. The fraction of sp³-hybridized carbons (Fsp3) is 0.364. The van der Waals surface area contributed by atoms with Crippen molar-refractivity contribution in [3.63, 3.8) is 0 Å². The molecule has 2 N–H and O–H groups in total. The second-order valence-corrected chi connectivity index (χ2v) is 8.43. The van der Waals surface area contributed by atoms with Crippen LogP contribution in [0, 0.1) is 0 Å². The van der Waals surface area contributed by atoms with Crippen LogP contribution >= 0.6 is 11.8 Å². The first-order chi connectivity index (χ1) is 13.8. The van der Waals surface area contributed by atoms with Crippen molar-refractivity contribution in [3.05, 3.63) is 60.2 Å². The van der Waals surface area contributed by atoms with Crippen molar-refractivity contribution in [1.82, 2.24) is 5.32 Å². The van der Waals surface area contributed by atoms with Crippen molar-refractivity contribution in [3.8, 4) is 5.75 Å². The molecule has 7 heteroatoms. The van der Waals surface area contributed by atoms with Crippen LogP contribution in [0.2, 0.25) is 0 Å². The van der Waals surface area contributed by atoms with E-state index in [9.17, 15) is 9.59 Å². The highest BCUT2D eigenvalue weighted by Gasteiger charge is 2.15. The summed E-state index contributed by atoms with van der Waals surface area (Å²) in [6.07, 6.45) is -0.447. The maximum atomic E-state index is 12.0. The van der Waals surface area contributed by atoms with Crippen molar-refractivity contribution >= 4 is 29.4 Å². The second kappa shape index (κ2) is 11.4. The molecule has 0 saturated carbocycles. The van der Waals surface area contributed by atoms with E-state index in [2.05, 4.69) is 10.6 Å². The zero-order valence-corrected chi connectivity index (χ0v) is 17.9. The zero-order chi connectivity index (χ0) is 21.1. The van der Waals surface area contributed by atoms with Gasteiger partial charge in [-0.15, -0.1) is 0 Å². The maximum absolute atomic E-state index is 12.0. The number of amides is 2. The van der Waals surface area contributed by atoms with Gasteiger partial charge in [0.15, 0.2) is 0 Å². The number of rotatable bonds is 9. The van der Waals surface area contributed by atoms with Crippen molar-refractivity contribution in [2.75, 3.05) is 23.4 Å². The zero-order valence-electron chi connectivity index (χ0n) is 17.1. The van der Waals surface area contributed by atoms with Gasteiger partial charge in [0.25, 0.3) is 0 Å². The molecule has 2 amide bonds. The van der Waals surface area contributed by atoms with Gasteiger partial charge < -0.3 is 20.1 Å². The molecule has 29 heavy (non-hydrogen) atoms. The van der Waals surface area contributed by atoms with Crippen LogP contribution in [0.5, 0.6) is 5.75 Å². The molecule has 0 spiro atoms. The molecule has 0 fully saturated rings. The van der Waals surface area contributed by atoms with E-state index in [-0.39, 0.29) is 5.91 Å². The standard InChI is InChI=1S/C22H28N2O4S/c1-22(2,3)28-21(26)23-13-14-29-16-20(25)24-18-9-11-19(12-10-18)27-15-17-7-5-4-6-8-17/h4-12H,13-16H2,1-3H3,(H,23,26)(H,24,25). The van der Waals surface area contributed by atoms with Crippen LogP contribution in [0.25, 0.3) is 0 Å². The van der Waals surface area contributed by atoms with Crippen LogP contribution in [-0.4, -0.2) is 35.7 Å². The Labute approximate surface area is 176 Å². The largest absolute Gasteiger partial charge is 0.489 e. The molecular weight excluding hydrogens is 388 g/mol. The first-order valence-corrected chi connectivity index (χ1v) is 10.6. The van der Waals surface area contributed by atoms with Gasteiger partial charge in [-0.2, -0.15) is 11.8 Å². The highest BCUT2D eigenvalue weighted by atomic mass is 32.2. The Kier molecular flexibility index (Phi) is 8.86. The maximum Gasteiger partial charge on any atom is 0.407 e.